The molecule has 0 bridgehead atoms. The molecule has 2 aromatic carbocycles. The number of benzene rings is 2. The Kier molecular flexibility index (Phi) is 4.79. The summed E-state index contributed by atoms with van der Waals surface area (Å²) in [5, 5.41) is 0. The van der Waals surface area contributed by atoms with Crippen molar-refractivity contribution in [1.29, 1.82) is 0 Å². The molecule has 2 nitrogen and oxygen atoms in total. The lowest BCUT2D eigenvalue weighted by molar-refractivity contribution is -0.123. The summed E-state index contributed by atoms with van der Waals surface area (Å²) in [6.07, 6.45) is 1.97. The van der Waals surface area contributed by atoms with Gasteiger partial charge in [0.2, 0.25) is 5.91 Å². The number of rotatable bonds is 6. The van der Waals surface area contributed by atoms with Gasteiger partial charge in [0.15, 0.2) is 0 Å². The molecule has 2 heteroatoms. The van der Waals surface area contributed by atoms with E-state index in [4.69, 9.17) is 5.73 Å². The number of hydrogen-bond donors (Lipinski definition) is 1. The van der Waals surface area contributed by atoms with Gasteiger partial charge in [0, 0.05) is 0 Å². The van der Waals surface area contributed by atoms with Crippen molar-refractivity contribution in [3.05, 3.63) is 71.8 Å². The molecule has 0 saturated heterocycles. The molecule has 21 heavy (non-hydrogen) atoms. The quantitative estimate of drug-likeness (QED) is 0.857. The van der Waals surface area contributed by atoms with E-state index in [1.807, 2.05) is 60.7 Å². The van der Waals surface area contributed by atoms with Crippen LogP contribution in [0.4, 0.5) is 0 Å². The van der Waals surface area contributed by atoms with Gasteiger partial charge in [0.05, 0.1) is 0 Å². The van der Waals surface area contributed by atoms with Crippen LogP contribution in [0.3, 0.4) is 0 Å². The Hall–Kier alpha value is -2.09. The minimum Gasteiger partial charge on any atom is -0.369 e. The van der Waals surface area contributed by atoms with Crippen LogP contribution in [0, 0.1) is 5.92 Å². The van der Waals surface area contributed by atoms with Gasteiger partial charge in [0.25, 0.3) is 0 Å². The normalized spacial score (nSPS) is 12.9. The fraction of sp³-hybridized carbons (Fsp3) is 0.316. The molecule has 0 spiro atoms. The average molecular weight is 281 g/mol. The maximum Gasteiger partial charge on any atom is 0.232 e. The van der Waals surface area contributed by atoms with Gasteiger partial charge in [-0.1, -0.05) is 80.9 Å². The van der Waals surface area contributed by atoms with Crippen molar-refractivity contribution in [2.24, 2.45) is 11.7 Å². The second kappa shape index (κ2) is 6.57. The summed E-state index contributed by atoms with van der Waals surface area (Å²) in [5.41, 5.74) is 7.12. The van der Waals surface area contributed by atoms with Crippen LogP contribution in [0.2, 0.25) is 0 Å². The van der Waals surface area contributed by atoms with Gasteiger partial charge < -0.3 is 5.73 Å². The fourth-order valence-electron chi connectivity index (χ4n) is 3.31. The predicted molar refractivity (Wildman–Crippen MR) is 86.9 cm³/mol. The van der Waals surface area contributed by atoms with E-state index in [-0.39, 0.29) is 11.8 Å². The first-order chi connectivity index (χ1) is 10.1. The first-order valence-electron chi connectivity index (χ1n) is 7.55. The summed E-state index contributed by atoms with van der Waals surface area (Å²) in [6.45, 7) is 4.26. The summed E-state index contributed by atoms with van der Waals surface area (Å²) in [6, 6.07) is 19.8. The SMILES string of the molecule is CCC[C@H](C)C(C(N)=O)(c1ccccc1)c1ccccc1. The Bertz CT molecular complexity index is 538. The largest absolute Gasteiger partial charge is 0.369 e. The molecular formula is C19H23NO. The minimum atomic E-state index is -0.765. The maximum absolute atomic E-state index is 12.6. The van der Waals surface area contributed by atoms with Crippen LogP contribution >= 0.6 is 0 Å². The second-order valence-corrected chi connectivity index (χ2v) is 5.59. The Labute approximate surface area is 127 Å². The van der Waals surface area contributed by atoms with Gasteiger partial charge in [0.1, 0.15) is 5.41 Å². The second-order valence-electron chi connectivity index (χ2n) is 5.59. The van der Waals surface area contributed by atoms with Crippen molar-refractivity contribution in [1.82, 2.24) is 0 Å². The van der Waals surface area contributed by atoms with E-state index in [2.05, 4.69) is 13.8 Å². The van der Waals surface area contributed by atoms with Gasteiger partial charge in [-0.3, -0.25) is 4.79 Å². The highest BCUT2D eigenvalue weighted by molar-refractivity contribution is 5.91. The number of carbonyl (C=O) groups is 1. The Morgan fingerprint density at radius 2 is 1.43 bits per heavy atom. The molecule has 0 fully saturated rings. The molecule has 2 aromatic rings. The van der Waals surface area contributed by atoms with Crippen LogP contribution < -0.4 is 5.73 Å². The monoisotopic (exact) mass is 281 g/mol. The molecule has 0 aliphatic rings. The topological polar surface area (TPSA) is 43.1 Å². The molecular weight excluding hydrogens is 258 g/mol. The van der Waals surface area contributed by atoms with E-state index in [1.54, 1.807) is 0 Å². The molecule has 0 heterocycles. The van der Waals surface area contributed by atoms with E-state index >= 15 is 0 Å². The van der Waals surface area contributed by atoms with Crippen LogP contribution in [0.25, 0.3) is 0 Å². The predicted octanol–water partition coefficient (Wildman–Crippen LogP) is 3.89. The van der Waals surface area contributed by atoms with Crippen LogP contribution in [0.5, 0.6) is 0 Å². The molecule has 110 valence electrons. The molecule has 0 aliphatic heterocycles. The fourth-order valence-corrected chi connectivity index (χ4v) is 3.31. The zero-order chi connectivity index (χ0) is 15.3. The molecule has 1 amide bonds. The Morgan fingerprint density at radius 3 is 1.76 bits per heavy atom. The van der Waals surface area contributed by atoms with Crippen LogP contribution in [-0.4, -0.2) is 5.91 Å². The van der Waals surface area contributed by atoms with E-state index < -0.39 is 5.41 Å². The van der Waals surface area contributed by atoms with Gasteiger partial charge in [-0.25, -0.2) is 0 Å². The standard InChI is InChI=1S/C19H23NO/c1-3-10-15(2)19(18(20)21,16-11-6-4-7-12-16)17-13-8-5-9-14-17/h4-9,11-15H,3,10H2,1-2H3,(H2,20,21)/t15-/m0/s1. The summed E-state index contributed by atoms with van der Waals surface area (Å²) in [4.78, 5) is 12.6. The number of nitrogens with two attached hydrogens (primary N) is 1. The molecule has 1 atom stereocenters. The van der Waals surface area contributed by atoms with Crippen molar-refractivity contribution in [2.75, 3.05) is 0 Å². The first kappa shape index (κ1) is 15.3. The number of hydrogen-bond acceptors (Lipinski definition) is 1. The van der Waals surface area contributed by atoms with Gasteiger partial charge in [-0.05, 0) is 23.5 Å². The summed E-state index contributed by atoms with van der Waals surface area (Å²) >= 11 is 0. The zero-order valence-corrected chi connectivity index (χ0v) is 12.8. The molecule has 0 radical (unpaired) electrons. The number of primary amides is 1. The van der Waals surface area contributed by atoms with Crippen LogP contribution in [0.15, 0.2) is 60.7 Å². The third-order valence-electron chi connectivity index (χ3n) is 4.31. The van der Waals surface area contributed by atoms with E-state index in [0.29, 0.717) is 0 Å². The van der Waals surface area contributed by atoms with Crippen molar-refractivity contribution in [3.63, 3.8) is 0 Å². The Balaban J connectivity index is 2.69. The molecule has 2 N–H and O–H groups in total. The lowest BCUT2D eigenvalue weighted by atomic mass is 9.64. The molecule has 0 saturated carbocycles. The van der Waals surface area contributed by atoms with Crippen molar-refractivity contribution in [2.45, 2.75) is 32.1 Å². The molecule has 0 unspecified atom stereocenters. The maximum atomic E-state index is 12.6. The highest BCUT2D eigenvalue weighted by atomic mass is 16.1. The summed E-state index contributed by atoms with van der Waals surface area (Å²) in [7, 11) is 0. The third-order valence-corrected chi connectivity index (χ3v) is 4.31. The van der Waals surface area contributed by atoms with E-state index in [9.17, 15) is 4.79 Å². The van der Waals surface area contributed by atoms with E-state index in [1.165, 1.54) is 0 Å². The van der Waals surface area contributed by atoms with Crippen LogP contribution in [0.1, 0.15) is 37.8 Å². The van der Waals surface area contributed by atoms with Gasteiger partial charge in [-0.2, -0.15) is 0 Å². The smallest absolute Gasteiger partial charge is 0.232 e. The van der Waals surface area contributed by atoms with Crippen molar-refractivity contribution >= 4 is 5.91 Å². The molecule has 2 rings (SSSR count). The number of amides is 1. The Morgan fingerprint density at radius 1 is 1.00 bits per heavy atom. The summed E-state index contributed by atoms with van der Waals surface area (Å²) in [5.74, 6) is -0.134. The first-order valence-corrected chi connectivity index (χ1v) is 7.55. The molecule has 0 aromatic heterocycles. The van der Waals surface area contributed by atoms with Gasteiger partial charge >= 0.3 is 0 Å². The lowest BCUT2D eigenvalue weighted by Crippen LogP contribution is -2.47. The van der Waals surface area contributed by atoms with Crippen molar-refractivity contribution in [3.8, 4) is 0 Å². The minimum absolute atomic E-state index is 0.143. The van der Waals surface area contributed by atoms with Crippen LogP contribution in [-0.2, 0) is 10.2 Å². The highest BCUT2D eigenvalue weighted by Crippen LogP contribution is 2.41. The zero-order valence-electron chi connectivity index (χ0n) is 12.8. The average Bonchev–Trinajstić information content (AvgIpc) is 2.50. The van der Waals surface area contributed by atoms with Gasteiger partial charge in [-0.15, -0.1) is 0 Å². The number of carbonyl (C=O) groups excluding carboxylic acids is 1. The van der Waals surface area contributed by atoms with Crippen molar-refractivity contribution < 1.29 is 4.79 Å². The summed E-state index contributed by atoms with van der Waals surface area (Å²) < 4.78 is 0. The lowest BCUT2D eigenvalue weighted by Gasteiger charge is -2.37. The third kappa shape index (κ3) is 2.71. The molecule has 0 aliphatic carbocycles. The van der Waals surface area contributed by atoms with E-state index in [0.717, 1.165) is 24.0 Å². The highest BCUT2D eigenvalue weighted by Gasteiger charge is 2.44.